The molecule has 3 nitrogen and oxygen atoms in total. The molecule has 0 aliphatic heterocycles. The highest BCUT2D eigenvalue weighted by Gasteiger charge is 2.05. The topological polar surface area (TPSA) is 43.4 Å². The first kappa shape index (κ1) is 12.1. The molecule has 0 aliphatic rings. The van der Waals surface area contributed by atoms with Gasteiger partial charge in [-0.15, -0.1) is 11.3 Å². The van der Waals surface area contributed by atoms with E-state index in [1.165, 1.54) is 17.4 Å². The van der Waals surface area contributed by atoms with E-state index in [9.17, 15) is 9.59 Å². The van der Waals surface area contributed by atoms with E-state index >= 15 is 0 Å². The summed E-state index contributed by atoms with van der Waals surface area (Å²) in [7, 11) is 0. The number of ketones is 1. The molecule has 0 bridgehead atoms. The first-order chi connectivity index (χ1) is 7.13. The van der Waals surface area contributed by atoms with E-state index < -0.39 is 5.97 Å². The number of hydrogen-bond acceptors (Lipinski definition) is 4. The second-order valence-corrected chi connectivity index (χ2v) is 5.02. The summed E-state index contributed by atoms with van der Waals surface area (Å²) in [5, 5.41) is 0. The van der Waals surface area contributed by atoms with Crippen molar-refractivity contribution < 1.29 is 14.3 Å². The molecule has 1 aromatic rings. The predicted octanol–water partition coefficient (Wildman–Crippen LogP) is 2.81. The Labute approximate surface area is 99.9 Å². The molecule has 1 rings (SSSR count). The van der Waals surface area contributed by atoms with Gasteiger partial charge in [-0.25, -0.2) is 4.79 Å². The van der Waals surface area contributed by atoms with Gasteiger partial charge in [0.25, 0.3) is 0 Å². The van der Waals surface area contributed by atoms with E-state index in [0.717, 1.165) is 9.86 Å². The van der Waals surface area contributed by atoms with Crippen molar-refractivity contribution in [1.29, 1.82) is 0 Å². The number of allylic oxidation sites excluding steroid dienone is 1. The zero-order valence-corrected chi connectivity index (χ0v) is 10.4. The van der Waals surface area contributed by atoms with Crippen LogP contribution in [0.2, 0.25) is 0 Å². The second-order valence-electron chi connectivity index (χ2n) is 2.55. The molecule has 0 saturated carbocycles. The van der Waals surface area contributed by atoms with Crippen molar-refractivity contribution in [3.05, 3.63) is 32.9 Å². The van der Waals surface area contributed by atoms with Gasteiger partial charge in [0, 0.05) is 6.08 Å². The zero-order chi connectivity index (χ0) is 11.3. The molecular weight excluding hydrogens is 280 g/mol. The maximum Gasteiger partial charge on any atom is 0.330 e. The second kappa shape index (κ2) is 5.82. The Morgan fingerprint density at radius 2 is 2.20 bits per heavy atom. The van der Waals surface area contributed by atoms with Crippen LogP contribution >= 0.6 is 27.3 Å². The van der Waals surface area contributed by atoms with Crippen molar-refractivity contribution in [2.75, 3.05) is 6.61 Å². The minimum Gasteiger partial charge on any atom is -0.463 e. The summed E-state index contributed by atoms with van der Waals surface area (Å²) in [6.07, 6.45) is 2.36. The third kappa shape index (κ3) is 3.97. The third-order valence-electron chi connectivity index (χ3n) is 1.47. The maximum absolute atomic E-state index is 11.5. The summed E-state index contributed by atoms with van der Waals surface area (Å²) in [5.74, 6) is -0.694. The zero-order valence-electron chi connectivity index (χ0n) is 8.03. The van der Waals surface area contributed by atoms with Crippen LogP contribution in [0.3, 0.4) is 0 Å². The van der Waals surface area contributed by atoms with Gasteiger partial charge in [0.15, 0.2) is 5.78 Å². The van der Waals surface area contributed by atoms with E-state index in [2.05, 4.69) is 20.7 Å². The summed E-state index contributed by atoms with van der Waals surface area (Å²) < 4.78 is 5.53. The average Bonchev–Trinajstić information content (AvgIpc) is 2.62. The number of carbonyl (C=O) groups is 2. The monoisotopic (exact) mass is 288 g/mol. The molecule has 0 spiro atoms. The lowest BCUT2D eigenvalue weighted by atomic mass is 10.3. The number of thiophene rings is 1. The molecule has 0 saturated heterocycles. The van der Waals surface area contributed by atoms with Crippen LogP contribution in [0.4, 0.5) is 0 Å². The Balaban J connectivity index is 2.59. The Hall–Kier alpha value is -0.940. The average molecular weight is 289 g/mol. The number of carbonyl (C=O) groups excluding carboxylic acids is 2. The number of halogens is 1. The van der Waals surface area contributed by atoms with Gasteiger partial charge in [0.1, 0.15) is 0 Å². The van der Waals surface area contributed by atoms with Crippen molar-refractivity contribution in [3.8, 4) is 0 Å². The standard InChI is InChI=1S/C10H9BrO3S/c1-2-14-10(13)6-3-7(12)8-4-5-9(11)15-8/h3-6H,2H2,1H3/b6-3+. The fourth-order valence-electron chi connectivity index (χ4n) is 0.863. The van der Waals surface area contributed by atoms with Gasteiger partial charge >= 0.3 is 5.97 Å². The normalized spacial score (nSPS) is 10.5. The lowest BCUT2D eigenvalue weighted by Crippen LogP contribution is -2.00. The van der Waals surface area contributed by atoms with Crippen LogP contribution in [0.5, 0.6) is 0 Å². The highest BCUT2D eigenvalue weighted by atomic mass is 79.9. The molecule has 80 valence electrons. The van der Waals surface area contributed by atoms with Crippen LogP contribution < -0.4 is 0 Å². The number of esters is 1. The highest BCUT2D eigenvalue weighted by molar-refractivity contribution is 9.11. The Bertz CT molecular complexity index is 395. The lowest BCUT2D eigenvalue weighted by Gasteiger charge is -1.93. The highest BCUT2D eigenvalue weighted by Crippen LogP contribution is 2.22. The molecule has 0 atom stereocenters. The van der Waals surface area contributed by atoms with Gasteiger partial charge in [-0.2, -0.15) is 0 Å². The number of hydrogen-bond donors (Lipinski definition) is 0. The molecule has 15 heavy (non-hydrogen) atoms. The number of ether oxygens (including phenoxy) is 1. The third-order valence-corrected chi connectivity index (χ3v) is 3.11. The summed E-state index contributed by atoms with van der Waals surface area (Å²) in [4.78, 5) is 23.0. The molecule has 1 heterocycles. The molecule has 0 amide bonds. The van der Waals surface area contributed by atoms with Gasteiger partial charge in [-0.05, 0) is 41.1 Å². The van der Waals surface area contributed by atoms with Crippen molar-refractivity contribution in [2.24, 2.45) is 0 Å². The molecular formula is C10H9BrO3S. The first-order valence-corrected chi connectivity index (χ1v) is 5.89. The van der Waals surface area contributed by atoms with Gasteiger partial charge in [0.05, 0.1) is 15.3 Å². The quantitative estimate of drug-likeness (QED) is 0.486. The minimum absolute atomic E-state index is 0.196. The van der Waals surface area contributed by atoms with Crippen LogP contribution in [0.15, 0.2) is 28.1 Å². The van der Waals surface area contributed by atoms with E-state index in [-0.39, 0.29) is 5.78 Å². The summed E-state index contributed by atoms with van der Waals surface area (Å²) in [5.41, 5.74) is 0. The number of rotatable bonds is 4. The fourth-order valence-corrected chi connectivity index (χ4v) is 2.17. The van der Waals surface area contributed by atoms with Crippen molar-refractivity contribution in [2.45, 2.75) is 6.92 Å². The molecule has 0 aliphatic carbocycles. The summed E-state index contributed by atoms with van der Waals surface area (Å²) in [6, 6.07) is 3.49. The van der Waals surface area contributed by atoms with Crippen molar-refractivity contribution in [1.82, 2.24) is 0 Å². The van der Waals surface area contributed by atoms with Crippen LogP contribution in [-0.4, -0.2) is 18.4 Å². The summed E-state index contributed by atoms with van der Waals surface area (Å²) in [6.45, 7) is 2.02. The van der Waals surface area contributed by atoms with Crippen molar-refractivity contribution in [3.63, 3.8) is 0 Å². The van der Waals surface area contributed by atoms with Gasteiger partial charge in [0.2, 0.25) is 0 Å². The van der Waals surface area contributed by atoms with E-state index in [4.69, 9.17) is 0 Å². The minimum atomic E-state index is -0.499. The Morgan fingerprint density at radius 1 is 1.47 bits per heavy atom. The molecule has 0 fully saturated rings. The maximum atomic E-state index is 11.5. The molecule has 0 N–H and O–H groups in total. The van der Waals surface area contributed by atoms with Gasteiger partial charge < -0.3 is 4.74 Å². The van der Waals surface area contributed by atoms with Crippen LogP contribution in [0.1, 0.15) is 16.6 Å². The largest absolute Gasteiger partial charge is 0.463 e. The molecule has 5 heteroatoms. The predicted molar refractivity (Wildman–Crippen MR) is 62.1 cm³/mol. The van der Waals surface area contributed by atoms with E-state index in [0.29, 0.717) is 11.5 Å². The SMILES string of the molecule is CCOC(=O)/C=C/C(=O)c1ccc(Br)s1. The molecule has 1 aromatic heterocycles. The Morgan fingerprint density at radius 3 is 2.73 bits per heavy atom. The summed E-state index contributed by atoms with van der Waals surface area (Å²) >= 11 is 4.58. The lowest BCUT2D eigenvalue weighted by molar-refractivity contribution is -0.137. The van der Waals surface area contributed by atoms with Crippen molar-refractivity contribution >= 4 is 39.0 Å². The molecule has 0 radical (unpaired) electrons. The molecule has 0 aromatic carbocycles. The van der Waals surface area contributed by atoms with Crippen LogP contribution in [-0.2, 0) is 9.53 Å². The first-order valence-electron chi connectivity index (χ1n) is 4.28. The fraction of sp³-hybridized carbons (Fsp3) is 0.200. The van der Waals surface area contributed by atoms with Gasteiger partial charge in [-0.1, -0.05) is 0 Å². The van der Waals surface area contributed by atoms with Crippen LogP contribution in [0, 0.1) is 0 Å². The van der Waals surface area contributed by atoms with E-state index in [1.807, 2.05) is 0 Å². The smallest absolute Gasteiger partial charge is 0.330 e. The van der Waals surface area contributed by atoms with E-state index in [1.54, 1.807) is 19.1 Å². The van der Waals surface area contributed by atoms with Gasteiger partial charge in [-0.3, -0.25) is 4.79 Å². The molecule has 0 unspecified atom stereocenters. The van der Waals surface area contributed by atoms with Crippen LogP contribution in [0.25, 0.3) is 0 Å². The Kier molecular flexibility index (Phi) is 4.71.